The number of nitrogens with zero attached hydrogens (tertiary/aromatic N) is 1. The fourth-order valence-electron chi connectivity index (χ4n) is 5.49. The number of benzene rings is 4. The molecule has 6 rings (SSSR count). The Hall–Kier alpha value is -2.58. The molecule has 0 fully saturated rings. The smallest absolute Gasteiger partial charge is 0.0293 e. The molecule has 0 unspecified atom stereocenters. The maximum absolute atomic E-state index is 3.60. The van der Waals surface area contributed by atoms with Gasteiger partial charge in [0.15, 0.2) is 0 Å². The average Bonchev–Trinajstić information content (AvgIpc) is 3.24. The quantitative estimate of drug-likeness (QED) is 0.200. The van der Waals surface area contributed by atoms with Gasteiger partial charge in [-0.1, -0.05) is 72.8 Å². The van der Waals surface area contributed by atoms with Crippen molar-refractivity contribution in [2.45, 2.75) is 34.6 Å². The molecule has 0 bridgehead atoms. The van der Waals surface area contributed by atoms with Gasteiger partial charge >= 0.3 is 0 Å². The monoisotopic (exact) mass is 650 g/mol. The van der Waals surface area contributed by atoms with Crippen molar-refractivity contribution in [1.82, 2.24) is 0 Å². The predicted molar refractivity (Wildman–Crippen MR) is 147 cm³/mol. The summed E-state index contributed by atoms with van der Waals surface area (Å²) in [6.07, 6.45) is 0. The first-order valence-corrected chi connectivity index (χ1v) is 12.7. The van der Waals surface area contributed by atoms with E-state index in [2.05, 4.69) is 118 Å². The zero-order valence-corrected chi connectivity index (χ0v) is 23.8. The largest absolute Gasteiger partial charge is 0.503 e. The molecule has 0 N–H and O–H groups in total. The number of aryl methyl sites for hydroxylation is 5. The molecule has 2 aliphatic rings. The Balaban J connectivity index is 0.00000253. The molecule has 4 aromatic carbocycles. The Labute approximate surface area is 226 Å². The molecule has 0 spiro atoms. The van der Waals surface area contributed by atoms with E-state index in [-0.39, 0.29) is 20.1 Å². The minimum atomic E-state index is 0. The van der Waals surface area contributed by atoms with Crippen LogP contribution >= 0.6 is 11.8 Å². The summed E-state index contributed by atoms with van der Waals surface area (Å²) in [7, 11) is 0. The Morgan fingerprint density at radius 1 is 0.714 bits per heavy atom. The van der Waals surface area contributed by atoms with Crippen molar-refractivity contribution in [2.75, 3.05) is 4.90 Å². The van der Waals surface area contributed by atoms with Crippen molar-refractivity contribution in [2.24, 2.45) is 0 Å². The third-order valence-corrected chi connectivity index (χ3v) is 8.03. The van der Waals surface area contributed by atoms with Gasteiger partial charge in [-0.25, -0.2) is 0 Å². The van der Waals surface area contributed by atoms with Gasteiger partial charge in [0.1, 0.15) is 0 Å². The fourth-order valence-corrected chi connectivity index (χ4v) is 6.67. The molecule has 35 heavy (non-hydrogen) atoms. The third kappa shape index (κ3) is 3.82. The normalized spacial score (nSPS) is 13.8. The van der Waals surface area contributed by atoms with Crippen LogP contribution in [-0.4, -0.2) is 0 Å². The van der Waals surface area contributed by atoms with Crippen molar-refractivity contribution in [1.29, 1.82) is 0 Å². The zero-order chi connectivity index (χ0) is 23.6. The summed E-state index contributed by atoms with van der Waals surface area (Å²) in [6.45, 7) is 11.0. The molecule has 1 radical (unpaired) electrons. The Kier molecular flexibility index (Phi) is 6.30. The van der Waals surface area contributed by atoms with Crippen LogP contribution in [0, 0.1) is 46.6 Å². The summed E-state index contributed by atoms with van der Waals surface area (Å²) in [5.41, 5.74) is 16.7. The van der Waals surface area contributed by atoms with Gasteiger partial charge in [0.05, 0.1) is 0 Å². The molecule has 0 atom stereocenters. The number of thioether (sulfide) groups is 1. The van der Waals surface area contributed by atoms with E-state index >= 15 is 0 Å². The summed E-state index contributed by atoms with van der Waals surface area (Å²) >= 11 is 1.83. The number of anilines is 1. The van der Waals surface area contributed by atoms with E-state index in [1.807, 2.05) is 11.8 Å². The first-order chi connectivity index (χ1) is 16.4. The van der Waals surface area contributed by atoms with Gasteiger partial charge in [0, 0.05) is 30.7 Å². The van der Waals surface area contributed by atoms with Crippen LogP contribution in [0.4, 0.5) is 5.69 Å². The first kappa shape index (κ1) is 24.1. The van der Waals surface area contributed by atoms with E-state index in [1.165, 1.54) is 71.8 Å². The Morgan fingerprint density at radius 2 is 1.34 bits per heavy atom. The molecule has 0 aliphatic carbocycles. The summed E-state index contributed by atoms with van der Waals surface area (Å²) in [5, 5.41) is 0. The summed E-state index contributed by atoms with van der Waals surface area (Å²) in [4.78, 5) is 3.68. The summed E-state index contributed by atoms with van der Waals surface area (Å²) in [6, 6.07) is 28.2. The summed E-state index contributed by atoms with van der Waals surface area (Å²) in [5.74, 6) is 2.25. The molecule has 2 heterocycles. The van der Waals surface area contributed by atoms with E-state index in [9.17, 15) is 0 Å². The molecular weight excluding hydrogens is 623 g/mol. The molecular formula is C32H27IrNS-2. The molecule has 1 nitrogen and oxygen atoms in total. The van der Waals surface area contributed by atoms with Crippen LogP contribution in [0.1, 0.15) is 38.9 Å². The van der Waals surface area contributed by atoms with Crippen LogP contribution in [0.2, 0.25) is 0 Å². The Bertz CT molecular complexity index is 1470. The fraction of sp³-hybridized carbons (Fsp3) is 0.156. The maximum Gasteiger partial charge on any atom is 0.0293 e. The van der Waals surface area contributed by atoms with Crippen molar-refractivity contribution >= 4 is 28.1 Å². The van der Waals surface area contributed by atoms with E-state index in [4.69, 9.17) is 0 Å². The van der Waals surface area contributed by atoms with Gasteiger partial charge in [-0.3, -0.25) is 11.8 Å². The van der Waals surface area contributed by atoms with E-state index < -0.39 is 0 Å². The van der Waals surface area contributed by atoms with Crippen LogP contribution in [0.25, 0.3) is 32.9 Å². The standard InChI is InChI=1S/C32H27NS.Ir/c1-19-12-15-28-27(16-19)26-17-24(29-20(2)8-6-9-21(29)3)13-14-25(26)31-32(34-18-33(28)31)30-22(4)10-7-11-23(30)5;/h6-14,16-18H,1-5H3;/q-2;. The molecule has 0 saturated heterocycles. The average molecular weight is 650 g/mol. The molecule has 2 aliphatic heterocycles. The molecule has 3 heteroatoms. The predicted octanol–water partition coefficient (Wildman–Crippen LogP) is 8.87. The van der Waals surface area contributed by atoms with E-state index in [1.54, 1.807) is 0 Å². The SMILES string of the molecule is Cc1c[c-]c2c(c1)-c1cc(-c3c(C)cccc3C)ccc1C1=C(c3c(C)cccc3C)S[CH-]N12.[Ir]. The van der Waals surface area contributed by atoms with Crippen LogP contribution in [-0.2, 0) is 20.1 Å². The van der Waals surface area contributed by atoms with Crippen LogP contribution < -0.4 is 4.90 Å². The van der Waals surface area contributed by atoms with Gasteiger partial charge < -0.3 is 4.90 Å². The molecule has 177 valence electrons. The maximum atomic E-state index is 3.60. The number of hydrogen-bond donors (Lipinski definition) is 0. The van der Waals surface area contributed by atoms with Gasteiger partial charge in [-0.05, 0) is 72.2 Å². The second-order valence-corrected chi connectivity index (χ2v) is 10.4. The topological polar surface area (TPSA) is 3.24 Å². The van der Waals surface area contributed by atoms with Crippen molar-refractivity contribution in [3.63, 3.8) is 0 Å². The Morgan fingerprint density at radius 3 is 2.00 bits per heavy atom. The molecule has 0 saturated carbocycles. The second-order valence-electron chi connectivity index (χ2n) is 9.50. The van der Waals surface area contributed by atoms with Crippen molar-refractivity contribution in [3.8, 4) is 22.3 Å². The first-order valence-electron chi connectivity index (χ1n) is 11.8. The summed E-state index contributed by atoms with van der Waals surface area (Å²) < 4.78 is 0. The molecule has 0 aromatic heterocycles. The van der Waals surface area contributed by atoms with Crippen LogP contribution in [0.5, 0.6) is 0 Å². The van der Waals surface area contributed by atoms with Crippen molar-refractivity contribution < 1.29 is 20.1 Å². The number of rotatable bonds is 2. The minimum absolute atomic E-state index is 0. The number of hydrogen-bond acceptors (Lipinski definition) is 2. The third-order valence-electron chi connectivity index (χ3n) is 7.08. The molecule has 4 aromatic rings. The van der Waals surface area contributed by atoms with Gasteiger partial charge in [0.2, 0.25) is 0 Å². The van der Waals surface area contributed by atoms with E-state index in [0.29, 0.717) is 0 Å². The zero-order valence-electron chi connectivity index (χ0n) is 20.6. The minimum Gasteiger partial charge on any atom is -0.503 e. The van der Waals surface area contributed by atoms with Gasteiger partial charge in [-0.15, -0.1) is 5.56 Å². The van der Waals surface area contributed by atoms with Gasteiger partial charge in [-0.2, -0.15) is 29.6 Å². The molecule has 0 amide bonds. The van der Waals surface area contributed by atoms with E-state index in [0.717, 1.165) is 5.69 Å². The van der Waals surface area contributed by atoms with Gasteiger partial charge in [0.25, 0.3) is 0 Å². The van der Waals surface area contributed by atoms with Crippen LogP contribution in [0.3, 0.4) is 0 Å². The second kappa shape index (κ2) is 9.13. The van der Waals surface area contributed by atoms with Crippen LogP contribution in [0.15, 0.2) is 66.7 Å². The van der Waals surface area contributed by atoms with Crippen molar-refractivity contribution in [3.05, 3.63) is 118 Å². The number of fused-ring (bicyclic) bond motifs is 6.